The number of thiophene rings is 1. The Hall–Kier alpha value is -3.40. The number of aromatic nitrogens is 1. The van der Waals surface area contributed by atoms with Crippen molar-refractivity contribution in [3.8, 4) is 17.6 Å². The lowest BCUT2D eigenvalue weighted by Crippen LogP contribution is -2.35. The third-order valence-corrected chi connectivity index (χ3v) is 9.25. The second kappa shape index (κ2) is 10.9. The fourth-order valence-corrected chi connectivity index (χ4v) is 7.12. The highest BCUT2D eigenvalue weighted by molar-refractivity contribution is 7.92. The van der Waals surface area contributed by atoms with E-state index >= 15 is 0 Å². The van der Waals surface area contributed by atoms with E-state index in [4.69, 9.17) is 14.5 Å². The van der Waals surface area contributed by atoms with Crippen LogP contribution in [0.2, 0.25) is 0 Å². The van der Waals surface area contributed by atoms with Gasteiger partial charge in [0.15, 0.2) is 18.9 Å². The van der Waals surface area contributed by atoms with Crippen LogP contribution in [0.4, 0.5) is 8.78 Å². The van der Waals surface area contributed by atoms with E-state index in [-0.39, 0.29) is 38.0 Å². The molecule has 192 valence electrons. The first-order valence-electron chi connectivity index (χ1n) is 10.6. The maximum atomic E-state index is 14.7. The van der Waals surface area contributed by atoms with Crippen molar-refractivity contribution in [1.29, 1.82) is 5.26 Å². The van der Waals surface area contributed by atoms with Crippen molar-refractivity contribution in [1.82, 2.24) is 4.72 Å². The van der Waals surface area contributed by atoms with E-state index in [0.29, 0.717) is 17.9 Å². The molecule has 9 nitrogen and oxygen atoms in total. The maximum Gasteiger partial charge on any atom is 0.391 e. The van der Waals surface area contributed by atoms with Crippen LogP contribution >= 0.6 is 18.9 Å². The van der Waals surface area contributed by atoms with Crippen LogP contribution in [0.1, 0.15) is 5.56 Å². The molecule has 2 N–H and O–H groups in total. The molecule has 0 aliphatic carbocycles. The third kappa shape index (κ3) is 6.68. The largest absolute Gasteiger partial charge is 0.487 e. The Morgan fingerprint density at radius 2 is 1.81 bits per heavy atom. The fourth-order valence-electron chi connectivity index (χ4n) is 3.21. The van der Waals surface area contributed by atoms with Gasteiger partial charge < -0.3 is 14.2 Å². The minimum Gasteiger partial charge on any atom is -0.487 e. The van der Waals surface area contributed by atoms with Gasteiger partial charge in [-0.15, -0.1) is 11.3 Å². The molecule has 0 amide bonds. The van der Waals surface area contributed by atoms with E-state index in [1.165, 1.54) is 12.1 Å². The summed E-state index contributed by atoms with van der Waals surface area (Å²) in [5.74, 6) is -1.77. The van der Waals surface area contributed by atoms with Crippen molar-refractivity contribution in [2.75, 3.05) is 12.9 Å². The minimum absolute atomic E-state index is 0.0710. The van der Waals surface area contributed by atoms with Crippen LogP contribution in [0.15, 0.2) is 71.2 Å². The number of nitriles is 1. The normalized spacial score (nSPS) is 13.1. The Labute approximate surface area is 214 Å². The number of benzene rings is 2. The second-order valence-electron chi connectivity index (χ2n) is 7.64. The van der Waals surface area contributed by atoms with Crippen LogP contribution in [0.5, 0.6) is 11.5 Å². The molecule has 2 aromatic carbocycles. The first kappa shape index (κ1) is 26.7. The number of fused-ring (bicyclic) bond motifs is 1. The van der Waals surface area contributed by atoms with Gasteiger partial charge in [-0.3, -0.25) is 0 Å². The Kier molecular flexibility index (Phi) is 7.87. The molecule has 2 heterocycles. The van der Waals surface area contributed by atoms with Gasteiger partial charge in [0.2, 0.25) is 0 Å². The monoisotopic (exact) mass is 566 g/mol. The standard InChI is InChI=1S/C23H18F2N3O6PS2/c24-20-12-18(5-4-16(20)14-26)34-35(29,30)15-27-37(31,32)22-11-17-10-19(13-21(25)23(17)36-22)33-9-8-28-6-2-1-3-7-28/h1-7,10-13,27H,8-9,15H2/p+1. The molecule has 37 heavy (non-hydrogen) atoms. The highest BCUT2D eigenvalue weighted by Gasteiger charge is 2.27. The number of nitrogens with one attached hydrogen (secondary N) is 1. The molecule has 0 bridgehead atoms. The highest BCUT2D eigenvalue weighted by Crippen LogP contribution is 2.42. The zero-order valence-electron chi connectivity index (χ0n) is 18.9. The molecule has 14 heteroatoms. The van der Waals surface area contributed by atoms with Crippen molar-refractivity contribution < 1.29 is 40.5 Å². The van der Waals surface area contributed by atoms with E-state index in [2.05, 4.69) is 0 Å². The van der Waals surface area contributed by atoms with E-state index in [0.717, 1.165) is 24.3 Å². The van der Waals surface area contributed by atoms with E-state index in [1.807, 2.05) is 39.9 Å². The van der Waals surface area contributed by atoms with Crippen LogP contribution in [0.3, 0.4) is 0 Å². The third-order valence-electron chi connectivity index (χ3n) is 4.95. The van der Waals surface area contributed by atoms with Gasteiger partial charge in [0.1, 0.15) is 46.3 Å². The molecule has 1 atom stereocenters. The summed E-state index contributed by atoms with van der Waals surface area (Å²) in [7, 11) is -8.92. The van der Waals surface area contributed by atoms with Gasteiger partial charge >= 0.3 is 7.60 Å². The average Bonchev–Trinajstić information content (AvgIpc) is 3.30. The van der Waals surface area contributed by atoms with E-state index in [1.54, 1.807) is 6.07 Å². The zero-order valence-corrected chi connectivity index (χ0v) is 21.4. The lowest BCUT2D eigenvalue weighted by molar-refractivity contribution is -0.697. The first-order chi connectivity index (χ1) is 17.6. The van der Waals surface area contributed by atoms with E-state index < -0.39 is 35.5 Å². The number of pyridine rings is 1. The summed E-state index contributed by atoms with van der Waals surface area (Å²) in [6.07, 6.45) is 2.68. The Balaban J connectivity index is 1.43. The van der Waals surface area contributed by atoms with Crippen molar-refractivity contribution in [3.63, 3.8) is 0 Å². The van der Waals surface area contributed by atoms with Gasteiger partial charge in [0.25, 0.3) is 10.0 Å². The minimum atomic E-state index is -4.60. The van der Waals surface area contributed by atoms with Crippen molar-refractivity contribution in [2.24, 2.45) is 0 Å². The molecule has 4 rings (SSSR count). The summed E-state index contributed by atoms with van der Waals surface area (Å²) < 4.78 is 80.2. The first-order valence-corrected chi connectivity index (χ1v) is 14.6. The summed E-state index contributed by atoms with van der Waals surface area (Å²) in [6.45, 7) is 0.775. The van der Waals surface area contributed by atoms with Crippen LogP contribution in [0.25, 0.3) is 10.1 Å². The maximum absolute atomic E-state index is 14.7. The summed E-state index contributed by atoms with van der Waals surface area (Å²) in [6, 6.07) is 14.0. The molecule has 1 unspecified atom stereocenters. The molecular weight excluding hydrogens is 547 g/mol. The lowest BCUT2D eigenvalue weighted by atomic mass is 10.2. The van der Waals surface area contributed by atoms with Crippen LogP contribution in [0, 0.1) is 23.0 Å². The second-order valence-corrected chi connectivity index (χ2v) is 12.5. The van der Waals surface area contributed by atoms with Gasteiger partial charge in [-0.25, -0.2) is 26.3 Å². The van der Waals surface area contributed by atoms with Gasteiger partial charge in [-0.1, -0.05) is 6.07 Å². The molecule has 0 fully saturated rings. The highest BCUT2D eigenvalue weighted by atomic mass is 32.2. The van der Waals surface area contributed by atoms with Gasteiger partial charge in [-0.2, -0.15) is 9.98 Å². The molecule has 0 aliphatic rings. The number of hydrogen-bond donors (Lipinski definition) is 2. The van der Waals surface area contributed by atoms with Gasteiger partial charge in [0.05, 0.1) is 10.3 Å². The number of ether oxygens (including phenoxy) is 1. The van der Waals surface area contributed by atoms with E-state index in [9.17, 15) is 26.7 Å². The average molecular weight is 567 g/mol. The fraction of sp³-hybridized carbons (Fsp3) is 0.130. The molecule has 0 saturated heterocycles. The van der Waals surface area contributed by atoms with Gasteiger partial charge in [-0.05, 0) is 24.3 Å². The van der Waals surface area contributed by atoms with Gasteiger partial charge in [0, 0.05) is 29.7 Å². The topological polar surface area (TPSA) is 130 Å². The number of nitrogens with zero attached hydrogens (tertiary/aromatic N) is 2. The molecule has 2 aromatic heterocycles. The number of sulfonamides is 1. The summed E-state index contributed by atoms with van der Waals surface area (Å²) in [4.78, 5) is 10.0. The van der Waals surface area contributed by atoms with Crippen molar-refractivity contribution in [3.05, 3.63) is 84.2 Å². The smallest absolute Gasteiger partial charge is 0.391 e. The quantitative estimate of drug-likeness (QED) is 0.220. The Morgan fingerprint density at radius 1 is 1.08 bits per heavy atom. The molecule has 0 radical (unpaired) electrons. The number of halogens is 2. The Bertz CT molecular complexity index is 1640. The predicted octanol–water partition coefficient (Wildman–Crippen LogP) is 3.92. The lowest BCUT2D eigenvalue weighted by Gasteiger charge is -2.14. The SMILES string of the molecule is N#Cc1ccc(OP(=O)(O)CNS(=O)(=O)c2cc3cc(OCC[n+]4ccccc4)cc(F)c3s2)cc1F. The number of hydrogen-bond acceptors (Lipinski definition) is 7. The molecule has 0 aliphatic heterocycles. The summed E-state index contributed by atoms with van der Waals surface area (Å²) in [5, 5.41) is 9.03. The summed E-state index contributed by atoms with van der Waals surface area (Å²) in [5.41, 5.74) is -0.290. The summed E-state index contributed by atoms with van der Waals surface area (Å²) >= 11 is 0.643. The van der Waals surface area contributed by atoms with Crippen molar-refractivity contribution >= 4 is 39.0 Å². The predicted molar refractivity (Wildman–Crippen MR) is 131 cm³/mol. The molecular formula is C23H19F2N3O6PS2+. The zero-order chi connectivity index (χ0) is 26.6. The van der Waals surface area contributed by atoms with Crippen LogP contribution in [-0.4, -0.2) is 26.2 Å². The number of rotatable bonds is 10. The Morgan fingerprint density at radius 3 is 2.51 bits per heavy atom. The van der Waals surface area contributed by atoms with Crippen molar-refractivity contribution in [2.45, 2.75) is 10.8 Å². The van der Waals surface area contributed by atoms with Crippen LogP contribution in [-0.2, 0) is 21.1 Å². The van der Waals surface area contributed by atoms with Crippen LogP contribution < -0.4 is 18.5 Å². The molecule has 0 saturated carbocycles. The molecule has 0 spiro atoms. The molecule has 4 aromatic rings.